The summed E-state index contributed by atoms with van der Waals surface area (Å²) >= 11 is 8.53. The van der Waals surface area contributed by atoms with E-state index in [0.29, 0.717) is 10.2 Å². The van der Waals surface area contributed by atoms with Crippen LogP contribution in [0.5, 0.6) is 0 Å². The van der Waals surface area contributed by atoms with Crippen molar-refractivity contribution in [2.24, 2.45) is 10.2 Å². The maximum absolute atomic E-state index is 11.8. The molecule has 142 valence electrons. The van der Waals surface area contributed by atoms with E-state index in [4.69, 9.17) is 11.6 Å². The first-order valence-corrected chi connectivity index (χ1v) is 9.98. The van der Waals surface area contributed by atoms with Crippen LogP contribution < -0.4 is 5.32 Å². The van der Waals surface area contributed by atoms with Crippen molar-refractivity contribution in [2.45, 2.75) is 9.79 Å². The predicted octanol–water partition coefficient (Wildman–Crippen LogP) is 4.10. The zero-order chi connectivity index (χ0) is 19.9. The highest BCUT2D eigenvalue weighted by molar-refractivity contribution is 8.18. The van der Waals surface area contributed by atoms with Crippen LogP contribution in [-0.2, 0) is 14.3 Å². The molecule has 0 radical (unpaired) electrons. The van der Waals surface area contributed by atoms with E-state index in [0.717, 1.165) is 33.2 Å². The highest BCUT2D eigenvalue weighted by Crippen LogP contribution is 2.30. The monoisotopic (exact) mass is 431 g/mol. The van der Waals surface area contributed by atoms with Gasteiger partial charge in [0.15, 0.2) is 5.17 Å². The van der Waals surface area contributed by atoms with Gasteiger partial charge in [0.2, 0.25) is 0 Å². The third-order valence-electron chi connectivity index (χ3n) is 3.41. The number of rotatable bonds is 5. The molecule has 0 saturated carbocycles. The molecule has 1 aliphatic rings. The Hall–Kier alpha value is -2.55. The van der Waals surface area contributed by atoms with Crippen LogP contribution in [0.1, 0.15) is 5.56 Å². The van der Waals surface area contributed by atoms with E-state index < -0.39 is 11.9 Å². The van der Waals surface area contributed by atoms with Crippen molar-refractivity contribution in [3.05, 3.63) is 70.1 Å². The van der Waals surface area contributed by atoms with Crippen molar-refractivity contribution >= 4 is 58.4 Å². The Balaban J connectivity index is 1.72. The van der Waals surface area contributed by atoms with Crippen LogP contribution in [0.2, 0.25) is 5.02 Å². The van der Waals surface area contributed by atoms with Gasteiger partial charge in [-0.25, -0.2) is 4.79 Å². The molecule has 1 saturated heterocycles. The quantitative estimate of drug-likeness (QED) is 0.333. The number of halogens is 1. The highest BCUT2D eigenvalue weighted by atomic mass is 35.5. The van der Waals surface area contributed by atoms with E-state index in [1.54, 1.807) is 18.0 Å². The van der Waals surface area contributed by atoms with Gasteiger partial charge in [-0.2, -0.15) is 5.10 Å². The van der Waals surface area contributed by atoms with Gasteiger partial charge in [0.1, 0.15) is 0 Å². The lowest BCUT2D eigenvalue weighted by Crippen LogP contribution is -2.19. The number of nitrogens with zero attached hydrogens (tertiary/aromatic N) is 2. The lowest BCUT2D eigenvalue weighted by atomic mass is 10.2. The van der Waals surface area contributed by atoms with E-state index in [9.17, 15) is 9.59 Å². The number of benzene rings is 2. The van der Waals surface area contributed by atoms with Crippen molar-refractivity contribution in [3.63, 3.8) is 0 Å². The molecule has 0 bridgehead atoms. The number of carbonyl (C=O) groups excluding carboxylic acids is 2. The van der Waals surface area contributed by atoms with Crippen molar-refractivity contribution in [1.82, 2.24) is 5.32 Å². The first kappa shape index (κ1) is 20.2. The molecule has 6 nitrogen and oxygen atoms in total. The molecule has 1 aliphatic heterocycles. The fraction of sp³-hybridized carbons (Fsp3) is 0.0526. The molecule has 0 unspecified atom stereocenters. The minimum atomic E-state index is -0.601. The normalized spacial score (nSPS) is 16.7. The minimum Gasteiger partial charge on any atom is -0.466 e. The van der Waals surface area contributed by atoms with E-state index >= 15 is 0 Å². The molecule has 1 amide bonds. The van der Waals surface area contributed by atoms with Crippen LogP contribution in [0.25, 0.3) is 0 Å². The molecule has 1 N–H and O–H groups in total. The standard InChI is InChI=1S/C19H14ClN3O3S2/c1-26-17(24)10-16-18(25)22-19(28-16)23-21-11-12-4-2-3-5-15(12)27-14-8-6-13(20)7-9-14/h2-11H,1H3,(H,22,23,25)/b16-10+,21-11?. The molecule has 0 spiro atoms. The fourth-order valence-electron chi connectivity index (χ4n) is 2.09. The molecule has 1 heterocycles. The summed E-state index contributed by atoms with van der Waals surface area (Å²) in [5.41, 5.74) is 0.881. The van der Waals surface area contributed by atoms with Crippen LogP contribution in [0.3, 0.4) is 0 Å². The molecular weight excluding hydrogens is 418 g/mol. The van der Waals surface area contributed by atoms with Gasteiger partial charge in [-0.15, -0.1) is 5.10 Å². The summed E-state index contributed by atoms with van der Waals surface area (Å²) in [5, 5.41) is 11.6. The molecule has 28 heavy (non-hydrogen) atoms. The Kier molecular flexibility index (Phi) is 6.91. The van der Waals surface area contributed by atoms with Crippen LogP contribution in [-0.4, -0.2) is 30.4 Å². The average Bonchev–Trinajstić information content (AvgIpc) is 3.04. The van der Waals surface area contributed by atoms with Gasteiger partial charge in [0, 0.05) is 26.5 Å². The lowest BCUT2D eigenvalue weighted by molar-refractivity contribution is -0.135. The van der Waals surface area contributed by atoms with E-state index in [1.165, 1.54) is 7.11 Å². The Morgan fingerprint density at radius 1 is 1.21 bits per heavy atom. The molecule has 1 fully saturated rings. The minimum absolute atomic E-state index is 0.208. The summed E-state index contributed by atoms with van der Waals surface area (Å²) in [6.45, 7) is 0. The molecule has 0 atom stereocenters. The maximum Gasteiger partial charge on any atom is 0.331 e. The number of thioether (sulfide) groups is 1. The third-order valence-corrected chi connectivity index (χ3v) is 5.66. The fourth-order valence-corrected chi connectivity index (χ4v) is 3.87. The van der Waals surface area contributed by atoms with Gasteiger partial charge < -0.3 is 4.74 Å². The second-order valence-corrected chi connectivity index (χ2v) is 7.91. The van der Waals surface area contributed by atoms with Crippen LogP contribution >= 0.6 is 35.1 Å². The van der Waals surface area contributed by atoms with Gasteiger partial charge in [-0.1, -0.05) is 41.6 Å². The Labute approximate surface area is 175 Å². The summed E-state index contributed by atoms with van der Waals surface area (Å²) in [5.74, 6) is -1.02. The number of carbonyl (C=O) groups is 2. The van der Waals surface area contributed by atoms with Crippen molar-refractivity contribution in [3.8, 4) is 0 Å². The number of amides is 1. The SMILES string of the molecule is COC(=O)/C=C1/S/C(=N\N=Cc2ccccc2Sc2ccc(Cl)cc2)NC1=O. The van der Waals surface area contributed by atoms with E-state index in [1.807, 2.05) is 48.5 Å². The van der Waals surface area contributed by atoms with Gasteiger partial charge in [0.05, 0.1) is 18.2 Å². The number of ether oxygens (including phenoxy) is 1. The Bertz CT molecular complexity index is 988. The average molecular weight is 432 g/mol. The third kappa shape index (κ3) is 5.48. The zero-order valence-electron chi connectivity index (χ0n) is 14.6. The smallest absolute Gasteiger partial charge is 0.331 e. The van der Waals surface area contributed by atoms with Crippen molar-refractivity contribution < 1.29 is 14.3 Å². The second kappa shape index (κ2) is 9.59. The van der Waals surface area contributed by atoms with Crippen molar-refractivity contribution in [2.75, 3.05) is 7.11 Å². The number of hydrogen-bond acceptors (Lipinski definition) is 7. The number of nitrogens with one attached hydrogen (secondary N) is 1. The maximum atomic E-state index is 11.8. The number of methoxy groups -OCH3 is 1. The summed E-state index contributed by atoms with van der Waals surface area (Å²) in [4.78, 5) is 25.3. The molecular formula is C19H14ClN3O3S2. The number of hydrogen-bond donors (Lipinski definition) is 1. The summed E-state index contributed by atoms with van der Waals surface area (Å²) < 4.78 is 4.52. The van der Waals surface area contributed by atoms with Gasteiger partial charge >= 0.3 is 5.97 Å². The second-order valence-electron chi connectivity index (χ2n) is 5.33. The molecule has 3 rings (SSSR count). The Morgan fingerprint density at radius 3 is 2.71 bits per heavy atom. The number of amidine groups is 1. The molecule has 2 aromatic carbocycles. The lowest BCUT2D eigenvalue weighted by Gasteiger charge is -2.05. The summed E-state index contributed by atoms with van der Waals surface area (Å²) in [6.07, 6.45) is 2.73. The topological polar surface area (TPSA) is 80.1 Å². The first-order chi connectivity index (χ1) is 13.5. The van der Waals surface area contributed by atoms with Crippen molar-refractivity contribution in [1.29, 1.82) is 0 Å². The van der Waals surface area contributed by atoms with Crippen LogP contribution in [0.4, 0.5) is 0 Å². The first-order valence-electron chi connectivity index (χ1n) is 7.97. The molecule has 0 aromatic heterocycles. The molecule has 0 aliphatic carbocycles. The van der Waals surface area contributed by atoms with E-state index in [-0.39, 0.29) is 4.91 Å². The van der Waals surface area contributed by atoms with Gasteiger partial charge in [0.25, 0.3) is 5.91 Å². The summed E-state index contributed by atoms with van der Waals surface area (Å²) in [6, 6.07) is 15.3. The van der Waals surface area contributed by atoms with E-state index in [2.05, 4.69) is 20.3 Å². The zero-order valence-corrected chi connectivity index (χ0v) is 17.0. The van der Waals surface area contributed by atoms with Crippen LogP contribution in [0.15, 0.2) is 79.5 Å². The predicted molar refractivity (Wildman–Crippen MR) is 113 cm³/mol. The molecule has 2 aromatic rings. The number of esters is 1. The van der Waals surface area contributed by atoms with Crippen LogP contribution in [0, 0.1) is 0 Å². The van der Waals surface area contributed by atoms with Gasteiger partial charge in [-0.05, 0) is 42.1 Å². The summed E-state index contributed by atoms with van der Waals surface area (Å²) in [7, 11) is 1.25. The molecule has 9 heteroatoms. The van der Waals surface area contributed by atoms with Gasteiger partial charge in [-0.3, -0.25) is 10.1 Å². The Morgan fingerprint density at radius 2 is 1.96 bits per heavy atom. The largest absolute Gasteiger partial charge is 0.466 e. The highest BCUT2D eigenvalue weighted by Gasteiger charge is 2.25.